The molecule has 3 aliphatic rings. The maximum Gasteiger partial charge on any atom is 0.498 e. The lowest BCUT2D eigenvalue weighted by atomic mass is 9.81. The van der Waals surface area contributed by atoms with Gasteiger partial charge in [-0.3, -0.25) is 4.79 Å². The molecule has 0 radical (unpaired) electrons. The van der Waals surface area contributed by atoms with Crippen LogP contribution in [0.15, 0.2) is 12.4 Å². The van der Waals surface area contributed by atoms with Gasteiger partial charge in [-0.05, 0) is 74.7 Å². The van der Waals surface area contributed by atoms with Crippen molar-refractivity contribution < 1.29 is 23.6 Å². The summed E-state index contributed by atoms with van der Waals surface area (Å²) in [5, 5.41) is 2.65. The van der Waals surface area contributed by atoms with Crippen molar-refractivity contribution in [1.82, 2.24) is 20.2 Å². The lowest BCUT2D eigenvalue weighted by molar-refractivity contribution is -0.132. The van der Waals surface area contributed by atoms with E-state index >= 15 is 0 Å². The number of anilines is 1. The Kier molecular flexibility index (Phi) is 7.02. The number of amides is 2. The molecule has 1 saturated carbocycles. The smallest absolute Gasteiger partial charge is 0.444 e. The van der Waals surface area contributed by atoms with Gasteiger partial charge in [0, 0.05) is 37.0 Å². The van der Waals surface area contributed by atoms with E-state index in [1.54, 1.807) is 45.0 Å². The second kappa shape index (κ2) is 9.48. The summed E-state index contributed by atoms with van der Waals surface area (Å²) in [6, 6.07) is -0.161. The van der Waals surface area contributed by atoms with Gasteiger partial charge >= 0.3 is 13.2 Å². The van der Waals surface area contributed by atoms with Crippen molar-refractivity contribution in [3.05, 3.63) is 12.4 Å². The number of rotatable bonds is 6. The van der Waals surface area contributed by atoms with Crippen molar-refractivity contribution in [3.63, 3.8) is 0 Å². The molecule has 3 fully saturated rings. The number of carbonyl (C=O) groups is 2. The first-order chi connectivity index (χ1) is 16.7. The van der Waals surface area contributed by atoms with Crippen LogP contribution in [0.2, 0.25) is 0 Å². The van der Waals surface area contributed by atoms with E-state index in [0.717, 1.165) is 24.7 Å². The monoisotopic (exact) mass is 501 g/mol. The van der Waals surface area contributed by atoms with Crippen LogP contribution in [0.4, 0.5) is 10.7 Å². The number of aromatic nitrogens is 2. The first-order valence-electron chi connectivity index (χ1n) is 12.9. The Labute approximate surface area is 214 Å². The Balaban J connectivity index is 1.39. The number of carbonyl (C=O) groups excluding carboxylic acids is 2. The summed E-state index contributed by atoms with van der Waals surface area (Å²) >= 11 is 0. The van der Waals surface area contributed by atoms with Crippen LogP contribution in [0, 0.1) is 0 Å². The minimum Gasteiger partial charge on any atom is -0.444 e. The quantitative estimate of drug-likeness (QED) is 0.592. The molecule has 0 unspecified atom stereocenters. The van der Waals surface area contributed by atoms with Crippen molar-refractivity contribution in [2.24, 2.45) is 0 Å². The average molecular weight is 501 g/mol. The summed E-state index contributed by atoms with van der Waals surface area (Å²) in [5.41, 5.74) is -0.676. The van der Waals surface area contributed by atoms with E-state index in [1.165, 1.54) is 0 Å². The van der Waals surface area contributed by atoms with E-state index in [0.29, 0.717) is 25.1 Å². The van der Waals surface area contributed by atoms with Gasteiger partial charge < -0.3 is 29.2 Å². The fourth-order valence-corrected chi connectivity index (χ4v) is 4.53. The molecular formula is C25H40BN5O5. The van der Waals surface area contributed by atoms with E-state index in [9.17, 15) is 9.59 Å². The van der Waals surface area contributed by atoms with Crippen molar-refractivity contribution in [3.8, 4) is 0 Å². The summed E-state index contributed by atoms with van der Waals surface area (Å²) in [7, 11) is -0.503. The first-order valence-corrected chi connectivity index (χ1v) is 12.9. The highest BCUT2D eigenvalue weighted by molar-refractivity contribution is 6.61. The normalized spacial score (nSPS) is 23.9. The van der Waals surface area contributed by atoms with Gasteiger partial charge in [0.25, 0.3) is 0 Å². The summed E-state index contributed by atoms with van der Waals surface area (Å²) in [4.78, 5) is 38.5. The number of hydrogen-bond donors (Lipinski definition) is 1. The lowest BCUT2D eigenvalue weighted by Crippen LogP contribution is -2.48. The molecule has 2 aliphatic heterocycles. The van der Waals surface area contributed by atoms with E-state index in [-0.39, 0.29) is 11.9 Å². The standard InChI is InChI=1S/C25H40BN5O5/c1-16(29-22(33)34-23(2,3)4)20(32)30-12-11-19(15-30)31(18-9-10-18)21-27-13-17(14-28-21)26-35-24(5,6)25(7,8)36-26/h13-14,16,18-19H,9-12,15H2,1-8H3,(H,29,33)/t16-,19+/m0/s1. The van der Waals surface area contributed by atoms with Crippen LogP contribution in [0.1, 0.15) is 74.7 Å². The highest BCUT2D eigenvalue weighted by atomic mass is 16.7. The third-order valence-corrected chi connectivity index (χ3v) is 7.33. The Hall–Kier alpha value is -2.40. The van der Waals surface area contributed by atoms with Crippen LogP contribution < -0.4 is 15.7 Å². The fraction of sp³-hybridized carbons (Fsp3) is 0.760. The molecule has 4 rings (SSSR count). The number of nitrogens with one attached hydrogen (secondary N) is 1. The third kappa shape index (κ3) is 5.77. The van der Waals surface area contributed by atoms with E-state index < -0.39 is 36.1 Å². The minimum absolute atomic E-state index is 0.115. The van der Waals surface area contributed by atoms with Gasteiger partial charge in [0.15, 0.2) is 0 Å². The van der Waals surface area contributed by atoms with Crippen LogP contribution in [0.25, 0.3) is 0 Å². The predicted molar refractivity (Wildman–Crippen MR) is 137 cm³/mol. The van der Waals surface area contributed by atoms with Gasteiger partial charge in [0.1, 0.15) is 11.6 Å². The Morgan fingerprint density at radius 2 is 1.69 bits per heavy atom. The summed E-state index contributed by atoms with van der Waals surface area (Å²) < 4.78 is 17.5. The Morgan fingerprint density at radius 3 is 2.22 bits per heavy atom. The lowest BCUT2D eigenvalue weighted by Gasteiger charge is -2.32. The molecule has 1 aromatic heterocycles. The van der Waals surface area contributed by atoms with Crippen molar-refractivity contribution in [2.75, 3.05) is 18.0 Å². The van der Waals surface area contributed by atoms with Crippen molar-refractivity contribution >= 4 is 30.5 Å². The molecule has 11 heteroatoms. The topological polar surface area (TPSA) is 106 Å². The van der Waals surface area contributed by atoms with Crippen molar-refractivity contribution in [2.45, 2.75) is 110 Å². The number of likely N-dealkylation sites (tertiary alicyclic amines) is 1. The van der Waals surface area contributed by atoms with Gasteiger partial charge in [-0.2, -0.15) is 0 Å². The van der Waals surface area contributed by atoms with E-state index in [1.807, 2.05) is 27.7 Å². The molecule has 2 amide bonds. The zero-order valence-corrected chi connectivity index (χ0v) is 22.8. The molecule has 1 aliphatic carbocycles. The molecule has 1 N–H and O–H groups in total. The molecule has 0 bridgehead atoms. The predicted octanol–water partition coefficient (Wildman–Crippen LogP) is 2.26. The zero-order valence-electron chi connectivity index (χ0n) is 22.8. The second-order valence-electron chi connectivity index (χ2n) is 12.1. The second-order valence-corrected chi connectivity index (χ2v) is 12.1. The molecular weight excluding hydrogens is 461 g/mol. The number of hydrogen-bond acceptors (Lipinski definition) is 8. The number of nitrogens with zero attached hydrogens (tertiary/aromatic N) is 4. The maximum absolute atomic E-state index is 13.0. The number of ether oxygens (including phenoxy) is 1. The van der Waals surface area contributed by atoms with Crippen LogP contribution >= 0.6 is 0 Å². The maximum atomic E-state index is 13.0. The Morgan fingerprint density at radius 1 is 1.11 bits per heavy atom. The highest BCUT2D eigenvalue weighted by Crippen LogP contribution is 2.37. The van der Waals surface area contributed by atoms with Crippen LogP contribution in [-0.2, 0) is 18.8 Å². The van der Waals surface area contributed by atoms with Crippen molar-refractivity contribution in [1.29, 1.82) is 0 Å². The molecule has 1 aromatic rings. The van der Waals surface area contributed by atoms with Crippen LogP contribution in [0.5, 0.6) is 0 Å². The van der Waals surface area contributed by atoms with Crippen LogP contribution in [0.3, 0.4) is 0 Å². The minimum atomic E-state index is -0.663. The zero-order chi connectivity index (χ0) is 26.5. The fourth-order valence-electron chi connectivity index (χ4n) is 4.53. The SMILES string of the molecule is C[C@H](NC(=O)OC(C)(C)C)C(=O)N1CC[C@@H](N(c2ncc(B3OC(C)(C)C(C)(C)O3)cn2)C2CC2)C1. The van der Waals surface area contributed by atoms with Crippen LogP contribution in [-0.4, -0.2) is 82.0 Å². The molecule has 0 aromatic carbocycles. The largest absolute Gasteiger partial charge is 0.498 e. The molecule has 36 heavy (non-hydrogen) atoms. The summed E-state index contributed by atoms with van der Waals surface area (Å²) in [6.45, 7) is 16.3. The van der Waals surface area contributed by atoms with Gasteiger partial charge in [-0.15, -0.1) is 0 Å². The summed E-state index contributed by atoms with van der Waals surface area (Å²) in [6.07, 6.45) is 5.97. The molecule has 10 nitrogen and oxygen atoms in total. The van der Waals surface area contributed by atoms with Gasteiger partial charge in [-0.1, -0.05) is 0 Å². The Bertz CT molecular complexity index is 960. The highest BCUT2D eigenvalue weighted by Gasteiger charge is 2.52. The third-order valence-electron chi connectivity index (χ3n) is 7.33. The first kappa shape index (κ1) is 26.7. The van der Waals surface area contributed by atoms with E-state index in [4.69, 9.17) is 14.0 Å². The van der Waals surface area contributed by atoms with E-state index in [2.05, 4.69) is 20.2 Å². The molecule has 198 valence electrons. The molecule has 0 spiro atoms. The molecule has 2 saturated heterocycles. The molecule has 2 atom stereocenters. The average Bonchev–Trinajstić information content (AvgIpc) is 3.41. The van der Waals surface area contributed by atoms with Gasteiger partial charge in [0.05, 0.1) is 17.2 Å². The molecule has 3 heterocycles. The van der Waals surface area contributed by atoms with Gasteiger partial charge in [-0.25, -0.2) is 14.8 Å². The summed E-state index contributed by atoms with van der Waals surface area (Å²) in [5.74, 6) is 0.549. The van der Waals surface area contributed by atoms with Gasteiger partial charge in [0.2, 0.25) is 11.9 Å². The number of alkyl carbamates (subject to hydrolysis) is 1.